The lowest BCUT2D eigenvalue weighted by Crippen LogP contribution is -2.33. The molecule has 8 heteroatoms. The topological polar surface area (TPSA) is 106 Å². The van der Waals surface area contributed by atoms with E-state index in [-0.39, 0.29) is 11.5 Å². The highest BCUT2D eigenvalue weighted by molar-refractivity contribution is 5.95. The summed E-state index contributed by atoms with van der Waals surface area (Å²) in [6, 6.07) is 11.3. The lowest BCUT2D eigenvalue weighted by molar-refractivity contribution is -0.119. The van der Waals surface area contributed by atoms with E-state index in [0.717, 1.165) is 16.5 Å². The molecule has 0 aliphatic heterocycles. The first-order chi connectivity index (χ1) is 13.1. The fourth-order valence-electron chi connectivity index (χ4n) is 2.74. The minimum Gasteiger partial charge on any atom is -0.324 e. The Morgan fingerprint density at radius 3 is 2.89 bits per heavy atom. The van der Waals surface area contributed by atoms with Gasteiger partial charge in [0.15, 0.2) is 0 Å². The molecule has 0 aliphatic carbocycles. The molecule has 0 radical (unpaired) electrons. The summed E-state index contributed by atoms with van der Waals surface area (Å²) in [6.45, 7) is 1.63. The number of carbonyl (C=O) groups excluding carboxylic acids is 1. The number of pyridine rings is 1. The third-order valence-electron chi connectivity index (χ3n) is 4.24. The number of aromatic nitrogens is 5. The number of amides is 1. The van der Waals surface area contributed by atoms with Gasteiger partial charge in [-0.05, 0) is 43.3 Å². The van der Waals surface area contributed by atoms with Gasteiger partial charge in [-0.2, -0.15) is 10.2 Å². The number of anilines is 1. The zero-order valence-corrected chi connectivity index (χ0v) is 14.5. The van der Waals surface area contributed by atoms with Crippen molar-refractivity contribution in [3.63, 3.8) is 0 Å². The van der Waals surface area contributed by atoms with Crippen molar-refractivity contribution in [2.75, 3.05) is 5.32 Å². The van der Waals surface area contributed by atoms with Gasteiger partial charge in [0, 0.05) is 35.1 Å². The summed E-state index contributed by atoms with van der Waals surface area (Å²) in [5.41, 5.74) is 2.41. The molecule has 0 saturated carbocycles. The third-order valence-corrected chi connectivity index (χ3v) is 4.24. The Balaban J connectivity index is 1.60. The maximum absolute atomic E-state index is 12.6. The SMILES string of the molecule is CC(C(=O)Nc1ccc2cn[nH]c2c1)n1nc(-c2cccnc2)ccc1=O. The molecule has 3 heterocycles. The van der Waals surface area contributed by atoms with Crippen LogP contribution in [0.25, 0.3) is 22.2 Å². The summed E-state index contributed by atoms with van der Waals surface area (Å²) in [4.78, 5) is 28.9. The van der Waals surface area contributed by atoms with Crippen LogP contribution in [0.15, 0.2) is 65.8 Å². The van der Waals surface area contributed by atoms with E-state index in [1.54, 1.807) is 49.8 Å². The number of hydrogen-bond donors (Lipinski definition) is 2. The number of H-pyrrole nitrogens is 1. The maximum Gasteiger partial charge on any atom is 0.267 e. The Hall–Kier alpha value is -3.81. The zero-order chi connectivity index (χ0) is 18.8. The van der Waals surface area contributed by atoms with Gasteiger partial charge in [0.25, 0.3) is 5.56 Å². The van der Waals surface area contributed by atoms with E-state index >= 15 is 0 Å². The Bertz CT molecular complexity index is 1170. The summed E-state index contributed by atoms with van der Waals surface area (Å²) < 4.78 is 1.17. The van der Waals surface area contributed by atoms with Gasteiger partial charge in [-0.1, -0.05) is 0 Å². The Labute approximate surface area is 153 Å². The number of carbonyl (C=O) groups is 1. The molecule has 2 N–H and O–H groups in total. The van der Waals surface area contributed by atoms with Crippen molar-refractivity contribution in [1.82, 2.24) is 25.0 Å². The van der Waals surface area contributed by atoms with Crippen LogP contribution in [0.3, 0.4) is 0 Å². The number of benzene rings is 1. The Morgan fingerprint density at radius 1 is 1.19 bits per heavy atom. The highest BCUT2D eigenvalue weighted by Gasteiger charge is 2.18. The fourth-order valence-corrected chi connectivity index (χ4v) is 2.74. The molecule has 0 spiro atoms. The van der Waals surface area contributed by atoms with Crippen LogP contribution in [-0.4, -0.2) is 30.9 Å². The van der Waals surface area contributed by atoms with Gasteiger partial charge in [0.2, 0.25) is 5.91 Å². The van der Waals surface area contributed by atoms with Crippen LogP contribution in [0.1, 0.15) is 13.0 Å². The van der Waals surface area contributed by atoms with Gasteiger partial charge in [-0.25, -0.2) is 4.68 Å². The number of rotatable bonds is 4. The van der Waals surface area contributed by atoms with Crippen LogP contribution >= 0.6 is 0 Å². The molecule has 3 aromatic heterocycles. The molecule has 0 aliphatic rings. The first-order valence-corrected chi connectivity index (χ1v) is 8.36. The van der Waals surface area contributed by atoms with Gasteiger partial charge in [0.1, 0.15) is 6.04 Å². The van der Waals surface area contributed by atoms with Crippen LogP contribution in [0.5, 0.6) is 0 Å². The van der Waals surface area contributed by atoms with Gasteiger partial charge >= 0.3 is 0 Å². The number of nitrogens with one attached hydrogen (secondary N) is 2. The highest BCUT2D eigenvalue weighted by atomic mass is 16.2. The van der Waals surface area contributed by atoms with Crippen molar-refractivity contribution in [2.24, 2.45) is 0 Å². The molecule has 0 saturated heterocycles. The quantitative estimate of drug-likeness (QED) is 0.581. The normalized spacial score (nSPS) is 12.0. The van der Waals surface area contributed by atoms with Crippen molar-refractivity contribution in [3.05, 3.63) is 71.4 Å². The second-order valence-electron chi connectivity index (χ2n) is 6.08. The third kappa shape index (κ3) is 3.32. The Kier molecular flexibility index (Phi) is 4.21. The molecule has 4 rings (SSSR count). The smallest absolute Gasteiger partial charge is 0.267 e. The van der Waals surface area contributed by atoms with Gasteiger partial charge < -0.3 is 5.32 Å². The predicted molar refractivity (Wildman–Crippen MR) is 101 cm³/mol. The van der Waals surface area contributed by atoms with E-state index in [1.165, 1.54) is 10.7 Å². The van der Waals surface area contributed by atoms with Crippen molar-refractivity contribution in [1.29, 1.82) is 0 Å². The minimum absolute atomic E-state index is 0.341. The average Bonchev–Trinajstić information content (AvgIpc) is 3.16. The number of hydrogen-bond acceptors (Lipinski definition) is 5. The number of aromatic amines is 1. The van der Waals surface area contributed by atoms with E-state index < -0.39 is 6.04 Å². The molecule has 4 aromatic rings. The molecule has 1 atom stereocenters. The summed E-state index contributed by atoms with van der Waals surface area (Å²) >= 11 is 0. The van der Waals surface area contributed by atoms with Crippen molar-refractivity contribution < 1.29 is 4.79 Å². The van der Waals surface area contributed by atoms with Crippen molar-refractivity contribution in [3.8, 4) is 11.3 Å². The second-order valence-corrected chi connectivity index (χ2v) is 6.08. The zero-order valence-electron chi connectivity index (χ0n) is 14.5. The monoisotopic (exact) mass is 360 g/mol. The van der Waals surface area contributed by atoms with Crippen LogP contribution in [-0.2, 0) is 4.79 Å². The molecule has 0 fully saturated rings. The van der Waals surface area contributed by atoms with Gasteiger partial charge in [-0.15, -0.1) is 0 Å². The molecule has 8 nitrogen and oxygen atoms in total. The molecule has 0 bridgehead atoms. The predicted octanol–water partition coefficient (Wildman–Crippen LogP) is 2.38. The number of nitrogens with zero attached hydrogens (tertiary/aromatic N) is 4. The molecule has 1 amide bonds. The maximum atomic E-state index is 12.6. The highest BCUT2D eigenvalue weighted by Crippen LogP contribution is 2.18. The molecule has 134 valence electrons. The van der Waals surface area contributed by atoms with Crippen molar-refractivity contribution >= 4 is 22.5 Å². The first-order valence-electron chi connectivity index (χ1n) is 8.36. The molecular weight excluding hydrogens is 344 g/mol. The Morgan fingerprint density at radius 2 is 2.07 bits per heavy atom. The largest absolute Gasteiger partial charge is 0.324 e. The van der Waals surface area contributed by atoms with E-state index in [1.807, 2.05) is 12.1 Å². The first kappa shape index (κ1) is 16.6. The van der Waals surface area contributed by atoms with Gasteiger partial charge in [-0.3, -0.25) is 19.7 Å². The molecular formula is C19H16N6O2. The van der Waals surface area contributed by atoms with Crippen LogP contribution in [0.2, 0.25) is 0 Å². The number of fused-ring (bicyclic) bond motifs is 1. The lowest BCUT2D eigenvalue weighted by atomic mass is 10.2. The molecule has 1 unspecified atom stereocenters. The van der Waals surface area contributed by atoms with E-state index in [9.17, 15) is 9.59 Å². The lowest BCUT2D eigenvalue weighted by Gasteiger charge is -2.15. The van der Waals surface area contributed by atoms with Crippen LogP contribution in [0, 0.1) is 0 Å². The summed E-state index contributed by atoms with van der Waals surface area (Å²) in [7, 11) is 0. The second kappa shape index (κ2) is 6.83. The molecule has 27 heavy (non-hydrogen) atoms. The van der Waals surface area contributed by atoms with Crippen LogP contribution in [0.4, 0.5) is 5.69 Å². The summed E-state index contributed by atoms with van der Waals surface area (Å²) in [5, 5.41) is 14.9. The standard InChI is InChI=1S/C19H16N6O2/c1-12(19(27)22-15-5-4-14-11-21-23-17(14)9-15)25-18(26)7-6-16(24-25)13-3-2-8-20-10-13/h2-12H,1H3,(H,21,23)(H,22,27). The average molecular weight is 360 g/mol. The van der Waals surface area contributed by atoms with E-state index in [4.69, 9.17) is 0 Å². The summed E-state index contributed by atoms with van der Waals surface area (Å²) in [5.74, 6) is -0.341. The van der Waals surface area contributed by atoms with Gasteiger partial charge in [0.05, 0.1) is 17.4 Å². The van der Waals surface area contributed by atoms with E-state index in [0.29, 0.717) is 11.4 Å². The van der Waals surface area contributed by atoms with Crippen molar-refractivity contribution in [2.45, 2.75) is 13.0 Å². The summed E-state index contributed by atoms with van der Waals surface area (Å²) in [6.07, 6.45) is 5.02. The minimum atomic E-state index is -0.786. The fraction of sp³-hybridized carbons (Fsp3) is 0.105. The molecule has 1 aromatic carbocycles. The van der Waals surface area contributed by atoms with Crippen LogP contribution < -0.4 is 10.9 Å². The van der Waals surface area contributed by atoms with E-state index in [2.05, 4.69) is 25.6 Å².